The Morgan fingerprint density at radius 2 is 1.96 bits per heavy atom. The van der Waals surface area contributed by atoms with Gasteiger partial charge in [-0.25, -0.2) is 4.79 Å². The largest absolute Gasteiger partial charge is 0.492 e. The van der Waals surface area contributed by atoms with E-state index in [2.05, 4.69) is 10.1 Å². The highest BCUT2D eigenvalue weighted by molar-refractivity contribution is 6.32. The summed E-state index contributed by atoms with van der Waals surface area (Å²) in [5, 5.41) is 2.29. The van der Waals surface area contributed by atoms with E-state index >= 15 is 0 Å². The Bertz CT molecular complexity index is 771. The van der Waals surface area contributed by atoms with Crippen molar-refractivity contribution in [3.63, 3.8) is 0 Å². The topological polar surface area (TPSA) is 56.8 Å². The van der Waals surface area contributed by atoms with E-state index in [4.69, 9.17) is 17.3 Å². The van der Waals surface area contributed by atoms with Crippen LogP contribution in [0.15, 0.2) is 36.4 Å². The van der Waals surface area contributed by atoms with Crippen LogP contribution in [0, 0.1) is 6.92 Å². The minimum atomic E-state index is -3.22. The van der Waals surface area contributed by atoms with Crippen molar-refractivity contribution in [2.45, 2.75) is 27.1 Å². The lowest BCUT2D eigenvalue weighted by molar-refractivity contribution is -0.0767. The summed E-state index contributed by atoms with van der Waals surface area (Å²) in [7, 11) is 5.71. The third-order valence-corrected chi connectivity index (χ3v) is 3.42. The number of benzene rings is 2. The van der Waals surface area contributed by atoms with Gasteiger partial charge in [0.25, 0.3) is 0 Å². The molecule has 0 bridgehead atoms. The van der Waals surface area contributed by atoms with E-state index in [0.717, 1.165) is 5.56 Å². The molecule has 1 N–H and O–H groups in total. The first-order valence-corrected chi connectivity index (χ1v) is 7.90. The maximum Gasteiger partial charge on any atom is 0.416 e. The highest BCUT2D eigenvalue weighted by Crippen LogP contribution is 2.30. The number of para-hydroxylation sites is 1. The van der Waals surface area contributed by atoms with Crippen molar-refractivity contribution in [1.29, 1.82) is 0 Å². The molecule has 8 heteroatoms. The first-order chi connectivity index (χ1) is 12.4. The molecule has 0 aliphatic heterocycles. The second kappa shape index (κ2) is 9.08. The fraction of sp³-hybridized carbons (Fsp3) is 0.278. The number of hydrogen-bond donors (Lipinski definition) is 1. The molecule has 0 fully saturated rings. The van der Waals surface area contributed by atoms with Gasteiger partial charge in [-0.05, 0) is 31.5 Å². The number of hydrogen-bond acceptors (Lipinski definition) is 4. The fourth-order valence-electron chi connectivity index (χ4n) is 2.32. The third kappa shape index (κ3) is 5.37. The molecule has 0 saturated heterocycles. The van der Waals surface area contributed by atoms with Crippen LogP contribution in [0.3, 0.4) is 0 Å². The molecule has 2 rings (SSSR count). The summed E-state index contributed by atoms with van der Waals surface area (Å²) in [6.45, 7) is 0.811. The molecule has 0 atom stereocenters. The molecule has 2 aromatic carbocycles. The summed E-state index contributed by atoms with van der Waals surface area (Å²) < 4.78 is 39.5. The number of carbonyl (C=O) groups is 1. The fourth-order valence-corrected chi connectivity index (χ4v) is 2.32. The highest BCUT2D eigenvalue weighted by Gasteiger charge is 2.17. The molecule has 2 radical (unpaired) electrons. The van der Waals surface area contributed by atoms with Crippen molar-refractivity contribution in [2.75, 3.05) is 11.9 Å². The van der Waals surface area contributed by atoms with Gasteiger partial charge in [0.05, 0.1) is 12.3 Å². The van der Waals surface area contributed by atoms with Crippen molar-refractivity contribution in [1.82, 2.24) is 0 Å². The molecule has 136 valence electrons. The zero-order valence-electron chi connectivity index (χ0n) is 14.4. The summed E-state index contributed by atoms with van der Waals surface area (Å²) in [4.78, 5) is 11.6. The molecule has 0 heterocycles. The lowest BCUT2D eigenvalue weighted by Gasteiger charge is -2.17. The van der Waals surface area contributed by atoms with Gasteiger partial charge in [0, 0.05) is 5.56 Å². The number of amides is 1. The van der Waals surface area contributed by atoms with Gasteiger partial charge < -0.3 is 14.2 Å². The van der Waals surface area contributed by atoms with Crippen LogP contribution in [0.25, 0.3) is 0 Å². The summed E-state index contributed by atoms with van der Waals surface area (Å²) >= 11 is 0. The molecule has 1 amide bonds. The molecular formula is C18H18BF2NO4. The molecule has 0 aliphatic carbocycles. The van der Waals surface area contributed by atoms with Crippen LogP contribution in [0.4, 0.5) is 19.3 Å². The van der Waals surface area contributed by atoms with Crippen molar-refractivity contribution in [3.8, 4) is 11.5 Å². The maximum absolute atomic E-state index is 12.2. The summed E-state index contributed by atoms with van der Waals surface area (Å²) in [5.74, 6) is 0.941. The number of rotatable bonds is 7. The smallest absolute Gasteiger partial charge is 0.416 e. The summed E-state index contributed by atoms with van der Waals surface area (Å²) in [5.41, 5.74) is 2.22. The number of nitrogens with one attached hydrogen (secondary N) is 1. The standard InChI is InChI=1S/C18H18BF2NO4/c1-3-24-15-6-4-5-12(16(15)22-18(23)26-17(20)21)10-25-14-8-7-13(19)9-11(14)2/h4-9,17H,3,10H2,1-2H3,(H,22,23). The monoisotopic (exact) mass is 361 g/mol. The SMILES string of the molecule is [B]c1ccc(OCc2cccc(OCC)c2NC(=O)OC(F)F)c(C)c1. The van der Waals surface area contributed by atoms with Crippen LogP contribution in [0.1, 0.15) is 18.1 Å². The number of anilines is 1. The van der Waals surface area contributed by atoms with Gasteiger partial charge in [0.2, 0.25) is 0 Å². The predicted molar refractivity (Wildman–Crippen MR) is 94.6 cm³/mol. The van der Waals surface area contributed by atoms with E-state index in [1.54, 1.807) is 43.3 Å². The molecular weight excluding hydrogens is 343 g/mol. The Labute approximate surface area is 151 Å². The second-order valence-corrected chi connectivity index (χ2v) is 5.33. The summed E-state index contributed by atoms with van der Waals surface area (Å²) in [6.07, 6.45) is -1.28. The Balaban J connectivity index is 2.23. The van der Waals surface area contributed by atoms with Gasteiger partial charge >= 0.3 is 12.7 Å². The molecule has 0 aliphatic rings. The molecule has 0 spiro atoms. The first kappa shape index (κ1) is 19.6. The van der Waals surface area contributed by atoms with Crippen LogP contribution in [0.5, 0.6) is 11.5 Å². The highest BCUT2D eigenvalue weighted by atomic mass is 19.3. The lowest BCUT2D eigenvalue weighted by Crippen LogP contribution is -2.19. The Hall–Kier alpha value is -2.77. The number of alkyl halides is 2. The number of halogens is 2. The van der Waals surface area contributed by atoms with Crippen LogP contribution in [-0.2, 0) is 11.3 Å². The first-order valence-electron chi connectivity index (χ1n) is 7.90. The van der Waals surface area contributed by atoms with Gasteiger partial charge in [-0.3, -0.25) is 5.32 Å². The Morgan fingerprint density at radius 3 is 2.62 bits per heavy atom. The zero-order chi connectivity index (χ0) is 19.1. The second-order valence-electron chi connectivity index (χ2n) is 5.33. The minimum absolute atomic E-state index is 0.0793. The molecule has 0 saturated carbocycles. The number of ether oxygens (including phenoxy) is 3. The van der Waals surface area contributed by atoms with Crippen LogP contribution < -0.4 is 20.3 Å². The molecule has 5 nitrogen and oxygen atoms in total. The van der Waals surface area contributed by atoms with Gasteiger partial charge in [0.1, 0.15) is 26.0 Å². The Kier molecular flexibility index (Phi) is 6.83. The third-order valence-electron chi connectivity index (χ3n) is 3.42. The zero-order valence-corrected chi connectivity index (χ0v) is 14.4. The van der Waals surface area contributed by atoms with Crippen LogP contribution in [0.2, 0.25) is 0 Å². The number of aryl methyl sites for hydroxylation is 1. The van der Waals surface area contributed by atoms with E-state index in [1.807, 2.05) is 6.92 Å². The van der Waals surface area contributed by atoms with Gasteiger partial charge in [-0.1, -0.05) is 29.7 Å². The van der Waals surface area contributed by atoms with Gasteiger partial charge in [-0.15, -0.1) is 0 Å². The van der Waals surface area contributed by atoms with E-state index in [-0.39, 0.29) is 12.3 Å². The van der Waals surface area contributed by atoms with E-state index in [9.17, 15) is 13.6 Å². The van der Waals surface area contributed by atoms with Crippen molar-refractivity contribution < 1.29 is 27.8 Å². The minimum Gasteiger partial charge on any atom is -0.492 e. The molecule has 26 heavy (non-hydrogen) atoms. The van der Waals surface area contributed by atoms with E-state index in [1.165, 1.54) is 0 Å². The van der Waals surface area contributed by atoms with E-state index < -0.39 is 12.7 Å². The van der Waals surface area contributed by atoms with Gasteiger partial charge in [-0.2, -0.15) is 8.78 Å². The van der Waals surface area contributed by atoms with Crippen molar-refractivity contribution >= 4 is 25.1 Å². The normalized spacial score (nSPS) is 10.5. The van der Waals surface area contributed by atoms with Gasteiger partial charge in [0.15, 0.2) is 0 Å². The average molecular weight is 361 g/mol. The molecule has 2 aromatic rings. The van der Waals surface area contributed by atoms with E-state index in [0.29, 0.717) is 29.1 Å². The van der Waals surface area contributed by atoms with Crippen LogP contribution >= 0.6 is 0 Å². The van der Waals surface area contributed by atoms with Crippen LogP contribution in [-0.4, -0.2) is 27.2 Å². The average Bonchev–Trinajstić information content (AvgIpc) is 2.56. The molecule has 0 aromatic heterocycles. The number of carbonyl (C=O) groups excluding carboxylic acids is 1. The lowest BCUT2D eigenvalue weighted by atomic mass is 9.94. The van der Waals surface area contributed by atoms with Crippen molar-refractivity contribution in [3.05, 3.63) is 47.5 Å². The maximum atomic E-state index is 12.2. The Morgan fingerprint density at radius 1 is 1.19 bits per heavy atom. The molecule has 0 unspecified atom stereocenters. The quantitative estimate of drug-likeness (QED) is 0.767. The van der Waals surface area contributed by atoms with Crippen molar-refractivity contribution in [2.24, 2.45) is 0 Å². The predicted octanol–water partition coefficient (Wildman–Crippen LogP) is 3.54. The summed E-state index contributed by atoms with van der Waals surface area (Å²) in [6, 6.07) is 10.2.